The van der Waals surface area contributed by atoms with Crippen molar-refractivity contribution in [1.82, 2.24) is 9.55 Å². The summed E-state index contributed by atoms with van der Waals surface area (Å²) in [6, 6.07) is 32.8. The third-order valence-electron chi connectivity index (χ3n) is 7.88. The molecule has 1 N–H and O–H groups in total. The van der Waals surface area contributed by atoms with Crippen LogP contribution >= 0.6 is 0 Å². The van der Waals surface area contributed by atoms with Crippen LogP contribution in [0.1, 0.15) is 47.7 Å². The zero-order valence-corrected chi connectivity index (χ0v) is 26.7. The Morgan fingerprint density at radius 3 is 1.41 bits per heavy atom. The van der Waals surface area contributed by atoms with Gasteiger partial charge in [0.2, 0.25) is 0 Å². The van der Waals surface area contributed by atoms with E-state index >= 15 is 0 Å². The Kier molecular flexibility index (Phi) is 10.6. The summed E-state index contributed by atoms with van der Waals surface area (Å²) in [6.07, 6.45) is -6.86. The minimum Gasteiger partial charge on any atom is -0.459 e. The van der Waals surface area contributed by atoms with Gasteiger partial charge in [-0.05, 0) is 48.5 Å². The van der Waals surface area contributed by atoms with E-state index in [0.29, 0.717) is 0 Å². The van der Waals surface area contributed by atoms with Crippen molar-refractivity contribution >= 4 is 23.9 Å². The predicted molar refractivity (Wildman–Crippen MR) is 179 cm³/mol. The molecule has 1 aliphatic heterocycles. The van der Waals surface area contributed by atoms with Crippen molar-refractivity contribution in [2.24, 2.45) is 0 Å². The molecule has 0 amide bonds. The summed E-state index contributed by atoms with van der Waals surface area (Å²) in [7, 11) is 0. The lowest BCUT2D eigenvalue weighted by Gasteiger charge is -2.44. The molecule has 0 unspecified atom stereocenters. The van der Waals surface area contributed by atoms with Crippen LogP contribution in [0.25, 0.3) is 0 Å². The van der Waals surface area contributed by atoms with Crippen molar-refractivity contribution in [3.63, 3.8) is 0 Å². The van der Waals surface area contributed by atoms with E-state index in [0.717, 1.165) is 16.8 Å². The molecular weight excluding hydrogens is 660 g/mol. The molecule has 13 nitrogen and oxygen atoms in total. The first-order valence-electron chi connectivity index (χ1n) is 15.8. The average Bonchev–Trinajstić information content (AvgIpc) is 3.17. The SMILES string of the molecule is O=C(OC[C@H]1O[C@@H](n2ccc(=O)[nH]c2=O)[C@H](OC(=O)c2ccccc2)[C@@H](OC(=O)c2ccccc2)[C@@H]1OC(=O)c1ccccc1)c1ccccc1. The third-order valence-corrected chi connectivity index (χ3v) is 7.88. The van der Waals surface area contributed by atoms with E-state index in [2.05, 4.69) is 4.98 Å². The van der Waals surface area contributed by atoms with Gasteiger partial charge < -0.3 is 23.7 Å². The Hall–Kier alpha value is -6.60. The number of H-pyrrole nitrogens is 1. The largest absolute Gasteiger partial charge is 0.459 e. The lowest BCUT2D eigenvalue weighted by molar-refractivity contribution is -0.250. The van der Waals surface area contributed by atoms with Gasteiger partial charge in [-0.1, -0.05) is 72.8 Å². The summed E-state index contributed by atoms with van der Waals surface area (Å²) in [5.41, 5.74) is -1.13. The number of nitrogens with one attached hydrogen (secondary N) is 1. The Morgan fingerprint density at radius 1 is 0.549 bits per heavy atom. The van der Waals surface area contributed by atoms with E-state index in [1.165, 1.54) is 48.5 Å². The van der Waals surface area contributed by atoms with Crippen LogP contribution in [0.2, 0.25) is 0 Å². The molecule has 1 aliphatic rings. The Labute approximate surface area is 289 Å². The maximum atomic E-state index is 13.7. The molecule has 0 saturated carbocycles. The summed E-state index contributed by atoms with van der Waals surface area (Å²) in [5, 5.41) is 0. The standard InChI is InChI=1S/C38H30N2O11/c41-29-21-22-40(38(46)39-29)33-32(51-37(45)27-19-11-4-12-20-27)31(50-36(44)26-17-9-3-10-18-26)30(49-35(43)25-15-7-2-8-16-25)28(48-33)23-47-34(42)24-13-5-1-6-14-24/h1-22,28,30-33H,23H2,(H,39,41,46)/t28-,30-,31+,32-,33-/m1/s1. The molecule has 0 bridgehead atoms. The number of aromatic nitrogens is 2. The quantitative estimate of drug-likeness (QED) is 0.166. The number of benzene rings is 4. The molecule has 0 aliphatic carbocycles. The van der Waals surface area contributed by atoms with Gasteiger partial charge >= 0.3 is 29.6 Å². The molecule has 1 fully saturated rings. The molecule has 5 aromatic rings. The van der Waals surface area contributed by atoms with Crippen LogP contribution in [0.4, 0.5) is 0 Å². The second-order valence-corrected chi connectivity index (χ2v) is 11.3. The average molecular weight is 691 g/mol. The van der Waals surface area contributed by atoms with E-state index in [1.54, 1.807) is 72.8 Å². The molecule has 1 saturated heterocycles. The van der Waals surface area contributed by atoms with Gasteiger partial charge in [-0.25, -0.2) is 24.0 Å². The molecule has 6 rings (SSSR count). The van der Waals surface area contributed by atoms with E-state index in [1.807, 2.05) is 0 Å². The molecule has 0 spiro atoms. The summed E-state index contributed by atoms with van der Waals surface area (Å²) >= 11 is 0. The van der Waals surface area contributed by atoms with Crippen molar-refractivity contribution in [3.05, 3.63) is 177 Å². The van der Waals surface area contributed by atoms with Gasteiger partial charge in [0.05, 0.1) is 22.3 Å². The van der Waals surface area contributed by atoms with Crippen molar-refractivity contribution < 1.29 is 42.9 Å². The molecule has 13 heteroatoms. The van der Waals surface area contributed by atoms with Crippen molar-refractivity contribution in [3.8, 4) is 0 Å². The minimum atomic E-state index is -1.68. The van der Waals surface area contributed by atoms with E-state index in [9.17, 15) is 28.8 Å². The lowest BCUT2D eigenvalue weighted by atomic mass is 9.96. The van der Waals surface area contributed by atoms with Crippen molar-refractivity contribution in [2.75, 3.05) is 6.61 Å². The first-order chi connectivity index (χ1) is 24.8. The molecule has 258 valence electrons. The molecule has 2 heterocycles. The summed E-state index contributed by atoms with van der Waals surface area (Å²) in [6.45, 7) is -0.576. The number of nitrogens with zero attached hydrogens (tertiary/aromatic N) is 1. The molecular formula is C38H30N2O11. The van der Waals surface area contributed by atoms with Gasteiger partial charge in [0.25, 0.3) is 5.56 Å². The van der Waals surface area contributed by atoms with Gasteiger partial charge in [-0.3, -0.25) is 14.3 Å². The van der Waals surface area contributed by atoms with Gasteiger partial charge in [-0.2, -0.15) is 0 Å². The van der Waals surface area contributed by atoms with Gasteiger partial charge in [-0.15, -0.1) is 0 Å². The normalized spacial score (nSPS) is 19.6. The topological polar surface area (TPSA) is 169 Å². The van der Waals surface area contributed by atoms with Gasteiger partial charge in [0.1, 0.15) is 12.7 Å². The lowest BCUT2D eigenvalue weighted by Crippen LogP contribution is -2.61. The Morgan fingerprint density at radius 2 is 0.961 bits per heavy atom. The number of esters is 4. The number of hydrogen-bond acceptors (Lipinski definition) is 11. The Bertz CT molecular complexity index is 2100. The zero-order chi connectivity index (χ0) is 35.7. The second kappa shape index (κ2) is 15.7. The fourth-order valence-corrected chi connectivity index (χ4v) is 5.40. The first kappa shape index (κ1) is 34.3. The summed E-state index contributed by atoms with van der Waals surface area (Å²) < 4.78 is 30.8. The van der Waals surface area contributed by atoms with Crippen LogP contribution in [0, 0.1) is 0 Å². The number of hydrogen-bond donors (Lipinski definition) is 1. The highest BCUT2D eigenvalue weighted by molar-refractivity contribution is 5.91. The van der Waals surface area contributed by atoms with Crippen LogP contribution in [-0.4, -0.2) is 64.5 Å². The van der Waals surface area contributed by atoms with Crippen LogP contribution in [0.15, 0.2) is 143 Å². The van der Waals surface area contributed by atoms with Crippen molar-refractivity contribution in [1.29, 1.82) is 0 Å². The van der Waals surface area contributed by atoms with E-state index in [-0.39, 0.29) is 22.3 Å². The Balaban J connectivity index is 1.46. The maximum Gasteiger partial charge on any atom is 0.338 e. The van der Waals surface area contributed by atoms with Gasteiger partial charge in [0.15, 0.2) is 24.5 Å². The van der Waals surface area contributed by atoms with Crippen LogP contribution in [0.3, 0.4) is 0 Å². The fourth-order valence-electron chi connectivity index (χ4n) is 5.40. The van der Waals surface area contributed by atoms with E-state index < -0.39 is 72.4 Å². The number of carbonyl (C=O) groups excluding carboxylic acids is 4. The van der Waals surface area contributed by atoms with Crippen LogP contribution in [-0.2, 0) is 23.7 Å². The molecule has 5 atom stereocenters. The minimum absolute atomic E-state index is 0.106. The number of ether oxygens (including phenoxy) is 5. The highest BCUT2D eigenvalue weighted by Crippen LogP contribution is 2.35. The molecule has 51 heavy (non-hydrogen) atoms. The highest BCUT2D eigenvalue weighted by Gasteiger charge is 2.54. The summed E-state index contributed by atoms with van der Waals surface area (Å²) in [5.74, 6) is -3.40. The zero-order valence-electron chi connectivity index (χ0n) is 26.7. The van der Waals surface area contributed by atoms with Crippen molar-refractivity contribution in [2.45, 2.75) is 30.6 Å². The number of carbonyl (C=O) groups is 4. The summed E-state index contributed by atoms with van der Waals surface area (Å²) in [4.78, 5) is 81.3. The number of rotatable bonds is 10. The highest BCUT2D eigenvalue weighted by atomic mass is 16.7. The van der Waals surface area contributed by atoms with Crippen LogP contribution < -0.4 is 11.2 Å². The molecule has 0 radical (unpaired) electrons. The molecule has 1 aromatic heterocycles. The first-order valence-corrected chi connectivity index (χ1v) is 15.8. The monoisotopic (exact) mass is 690 g/mol. The predicted octanol–water partition coefficient (Wildman–Crippen LogP) is 3.97. The molecule has 4 aromatic carbocycles. The second-order valence-electron chi connectivity index (χ2n) is 11.3. The maximum absolute atomic E-state index is 13.7. The smallest absolute Gasteiger partial charge is 0.338 e. The van der Waals surface area contributed by atoms with Gasteiger partial charge in [0, 0.05) is 12.3 Å². The van der Waals surface area contributed by atoms with Crippen LogP contribution in [0.5, 0.6) is 0 Å². The fraction of sp³-hybridized carbons (Fsp3) is 0.158. The number of aromatic amines is 1. The van der Waals surface area contributed by atoms with E-state index in [4.69, 9.17) is 23.7 Å². The third kappa shape index (κ3) is 8.17.